The van der Waals surface area contributed by atoms with Crippen LogP contribution in [0.1, 0.15) is 68.1 Å². The number of nitrogens with one attached hydrogen (secondary N) is 1. The molecule has 3 N–H and O–H groups in total. The molecule has 3 aromatic heterocycles. The highest BCUT2D eigenvalue weighted by molar-refractivity contribution is 5.93. The molecule has 2 atom stereocenters. The standard InChI is InChI=1S/C25H27F2N5O3/c1-12-13(2)34-23(33)15-5-6-19(32-21(12)15)31-20-7-16-17(10-29-20)22(30-11-18(16)24(3,4)28)35-14-8-25(26,27)9-14/h5-7,10-14H,8-9,28H2,1-4H3,(H,29,31,32)/t12-,13-/m0/s1. The van der Waals surface area contributed by atoms with E-state index in [0.29, 0.717) is 28.3 Å². The average Bonchev–Trinajstić information content (AvgIpc) is 2.75. The van der Waals surface area contributed by atoms with Crippen LogP contribution >= 0.6 is 0 Å². The lowest BCUT2D eigenvalue weighted by Crippen LogP contribution is -2.43. The maximum atomic E-state index is 13.3. The molecule has 4 heterocycles. The van der Waals surface area contributed by atoms with Crippen LogP contribution < -0.4 is 15.8 Å². The summed E-state index contributed by atoms with van der Waals surface area (Å²) < 4.78 is 37.7. The van der Waals surface area contributed by atoms with Gasteiger partial charge in [-0.2, -0.15) is 0 Å². The molecule has 3 aromatic rings. The van der Waals surface area contributed by atoms with Crippen molar-refractivity contribution in [2.75, 3.05) is 5.32 Å². The number of aromatic nitrogens is 3. The lowest BCUT2D eigenvalue weighted by Gasteiger charge is -2.34. The number of carbonyl (C=O) groups is 1. The predicted molar refractivity (Wildman–Crippen MR) is 126 cm³/mol. The zero-order valence-electron chi connectivity index (χ0n) is 19.9. The molecule has 184 valence electrons. The van der Waals surface area contributed by atoms with Crippen LogP contribution in [0.25, 0.3) is 10.8 Å². The Morgan fingerprint density at radius 3 is 2.57 bits per heavy atom. The molecule has 0 radical (unpaired) electrons. The molecule has 1 fully saturated rings. The number of anilines is 2. The molecular formula is C25H27F2N5O3. The maximum Gasteiger partial charge on any atom is 0.340 e. The number of ether oxygens (including phenoxy) is 2. The molecule has 8 nitrogen and oxygen atoms in total. The summed E-state index contributed by atoms with van der Waals surface area (Å²) in [6.45, 7) is 7.52. The number of nitrogens with zero attached hydrogens (tertiary/aromatic N) is 3. The fourth-order valence-electron chi connectivity index (χ4n) is 4.39. The van der Waals surface area contributed by atoms with E-state index in [0.717, 1.165) is 10.9 Å². The first-order chi connectivity index (χ1) is 16.4. The Morgan fingerprint density at radius 2 is 1.89 bits per heavy atom. The van der Waals surface area contributed by atoms with Crippen molar-refractivity contribution in [3.8, 4) is 5.88 Å². The highest BCUT2D eigenvalue weighted by Crippen LogP contribution is 2.41. The third-order valence-corrected chi connectivity index (χ3v) is 6.59. The van der Waals surface area contributed by atoms with Crippen molar-refractivity contribution in [3.05, 3.63) is 47.4 Å². The molecule has 5 rings (SSSR count). The molecule has 1 aliphatic heterocycles. The summed E-state index contributed by atoms with van der Waals surface area (Å²) in [5.74, 6) is -1.85. The van der Waals surface area contributed by atoms with Crippen LogP contribution in [0.4, 0.5) is 20.4 Å². The van der Waals surface area contributed by atoms with E-state index in [-0.39, 0.29) is 36.7 Å². The van der Waals surface area contributed by atoms with Crippen molar-refractivity contribution >= 4 is 28.4 Å². The van der Waals surface area contributed by atoms with Crippen LogP contribution in [0.3, 0.4) is 0 Å². The molecule has 1 aliphatic carbocycles. The second kappa shape index (κ2) is 8.08. The number of pyridine rings is 3. The quantitative estimate of drug-likeness (QED) is 0.498. The average molecular weight is 484 g/mol. The number of halogens is 2. The van der Waals surface area contributed by atoms with Crippen molar-refractivity contribution in [1.29, 1.82) is 0 Å². The molecule has 2 aliphatic rings. The van der Waals surface area contributed by atoms with Gasteiger partial charge in [0.15, 0.2) is 0 Å². The predicted octanol–water partition coefficient (Wildman–Crippen LogP) is 4.80. The summed E-state index contributed by atoms with van der Waals surface area (Å²) in [5.41, 5.74) is 7.55. The minimum atomic E-state index is -2.69. The van der Waals surface area contributed by atoms with E-state index >= 15 is 0 Å². The van der Waals surface area contributed by atoms with Gasteiger partial charge in [-0.05, 0) is 49.9 Å². The zero-order valence-corrected chi connectivity index (χ0v) is 19.9. The minimum absolute atomic E-state index is 0.0525. The SMILES string of the molecule is C[C@@H]1OC(=O)c2ccc(Nc3cc4c(C(C)(C)N)cnc(OC5CC(F)(F)C5)c4cn3)nc2[C@H]1C. The van der Waals surface area contributed by atoms with Crippen LogP contribution in [-0.4, -0.2) is 39.1 Å². The van der Waals surface area contributed by atoms with Crippen LogP contribution in [0.15, 0.2) is 30.6 Å². The summed E-state index contributed by atoms with van der Waals surface area (Å²) in [7, 11) is 0. The number of fused-ring (bicyclic) bond motifs is 2. The Balaban J connectivity index is 1.49. The fraction of sp³-hybridized carbons (Fsp3) is 0.440. The van der Waals surface area contributed by atoms with Gasteiger partial charge in [0.2, 0.25) is 5.88 Å². The first-order valence-corrected chi connectivity index (χ1v) is 11.5. The van der Waals surface area contributed by atoms with E-state index in [1.54, 1.807) is 24.5 Å². The van der Waals surface area contributed by atoms with Gasteiger partial charge >= 0.3 is 5.97 Å². The Labute approximate surface area is 201 Å². The molecule has 35 heavy (non-hydrogen) atoms. The van der Waals surface area contributed by atoms with Crippen molar-refractivity contribution in [2.45, 2.75) is 70.1 Å². The summed E-state index contributed by atoms with van der Waals surface area (Å²) in [4.78, 5) is 25.7. The number of alkyl halides is 2. The second-order valence-corrected chi connectivity index (χ2v) is 9.97. The van der Waals surface area contributed by atoms with Crippen molar-refractivity contribution in [2.24, 2.45) is 5.73 Å². The smallest absolute Gasteiger partial charge is 0.340 e. The van der Waals surface area contributed by atoms with E-state index in [9.17, 15) is 13.6 Å². The number of carbonyl (C=O) groups excluding carboxylic acids is 1. The number of esters is 1. The van der Waals surface area contributed by atoms with Gasteiger partial charge in [0.1, 0.15) is 23.8 Å². The molecule has 10 heteroatoms. The number of rotatable bonds is 5. The third kappa shape index (κ3) is 4.38. The minimum Gasteiger partial charge on any atom is -0.473 e. The molecule has 0 unspecified atom stereocenters. The Bertz CT molecular complexity index is 1320. The van der Waals surface area contributed by atoms with Gasteiger partial charge in [-0.25, -0.2) is 28.5 Å². The van der Waals surface area contributed by atoms with Crippen LogP contribution in [0, 0.1) is 0 Å². The maximum absolute atomic E-state index is 13.3. The lowest BCUT2D eigenvalue weighted by atomic mass is 9.90. The summed E-state index contributed by atoms with van der Waals surface area (Å²) in [6.07, 6.45) is 1.68. The molecule has 0 aromatic carbocycles. The summed E-state index contributed by atoms with van der Waals surface area (Å²) in [6, 6.07) is 5.19. The number of hydrogen-bond acceptors (Lipinski definition) is 8. The number of cyclic esters (lactones) is 1. The van der Waals surface area contributed by atoms with Gasteiger partial charge in [0.05, 0.1) is 16.6 Å². The van der Waals surface area contributed by atoms with E-state index in [1.807, 2.05) is 33.8 Å². The second-order valence-electron chi connectivity index (χ2n) is 9.97. The number of nitrogens with two attached hydrogens (primary N) is 1. The van der Waals surface area contributed by atoms with Crippen molar-refractivity contribution < 1.29 is 23.0 Å². The van der Waals surface area contributed by atoms with Crippen molar-refractivity contribution in [1.82, 2.24) is 15.0 Å². The largest absolute Gasteiger partial charge is 0.473 e. The monoisotopic (exact) mass is 483 g/mol. The van der Waals surface area contributed by atoms with Gasteiger partial charge in [0, 0.05) is 36.7 Å². The Hall–Kier alpha value is -3.40. The molecular weight excluding hydrogens is 456 g/mol. The highest BCUT2D eigenvalue weighted by atomic mass is 19.3. The van der Waals surface area contributed by atoms with Crippen LogP contribution in [-0.2, 0) is 10.3 Å². The topological polar surface area (TPSA) is 112 Å². The van der Waals surface area contributed by atoms with Gasteiger partial charge in [0.25, 0.3) is 5.92 Å². The van der Waals surface area contributed by atoms with Gasteiger partial charge in [-0.1, -0.05) is 6.92 Å². The summed E-state index contributed by atoms with van der Waals surface area (Å²) >= 11 is 0. The van der Waals surface area contributed by atoms with Gasteiger partial charge in [-0.3, -0.25) is 0 Å². The third-order valence-electron chi connectivity index (χ3n) is 6.59. The zero-order chi connectivity index (χ0) is 25.1. The molecule has 0 saturated heterocycles. The molecule has 0 amide bonds. The first-order valence-electron chi connectivity index (χ1n) is 11.5. The van der Waals surface area contributed by atoms with E-state index < -0.39 is 17.6 Å². The van der Waals surface area contributed by atoms with Gasteiger partial charge < -0.3 is 20.5 Å². The van der Waals surface area contributed by atoms with Crippen molar-refractivity contribution in [3.63, 3.8) is 0 Å². The first kappa shape index (κ1) is 23.3. The Kier molecular flexibility index (Phi) is 5.39. The number of hydrogen-bond donors (Lipinski definition) is 2. The summed E-state index contributed by atoms with van der Waals surface area (Å²) in [5, 5.41) is 4.53. The highest BCUT2D eigenvalue weighted by Gasteiger charge is 2.47. The van der Waals surface area contributed by atoms with E-state index in [4.69, 9.17) is 15.2 Å². The lowest BCUT2D eigenvalue weighted by molar-refractivity contribution is -0.135. The Morgan fingerprint density at radius 1 is 1.14 bits per heavy atom. The van der Waals surface area contributed by atoms with E-state index in [1.165, 1.54) is 0 Å². The normalized spacial score (nSPS) is 21.7. The molecule has 0 spiro atoms. The molecule has 0 bridgehead atoms. The van der Waals surface area contributed by atoms with Crippen LogP contribution in [0.5, 0.6) is 5.88 Å². The fourth-order valence-corrected chi connectivity index (χ4v) is 4.39. The van der Waals surface area contributed by atoms with Gasteiger partial charge in [-0.15, -0.1) is 0 Å². The molecule has 1 saturated carbocycles. The van der Waals surface area contributed by atoms with E-state index in [2.05, 4.69) is 20.3 Å². The van der Waals surface area contributed by atoms with Crippen LogP contribution in [0.2, 0.25) is 0 Å².